The molecule has 0 saturated carbocycles. The Hall–Kier alpha value is -0.580. The normalized spacial score (nSPS) is 15.4. The first-order valence-corrected chi connectivity index (χ1v) is 2.98. The Kier molecular flexibility index (Phi) is 1.85. The number of allylic oxidation sites excluding steroid dienone is 6. The van der Waals surface area contributed by atoms with Gasteiger partial charge in [0.1, 0.15) is 12.2 Å². The summed E-state index contributed by atoms with van der Waals surface area (Å²) in [7, 11) is 0. The molecule has 0 heterocycles. The molecular weight excluding hydrogens is 120 g/mol. The number of halogens is 1. The number of hydrogen-bond donors (Lipinski definition) is 0. The van der Waals surface area contributed by atoms with E-state index in [9.17, 15) is 0 Å². The summed E-state index contributed by atoms with van der Waals surface area (Å²) >= 11 is 5.51. The van der Waals surface area contributed by atoms with E-state index < -0.39 is 0 Å². The van der Waals surface area contributed by atoms with Crippen molar-refractivity contribution in [1.29, 1.82) is 0 Å². The van der Waals surface area contributed by atoms with Crippen molar-refractivity contribution >= 4 is 11.6 Å². The van der Waals surface area contributed by atoms with Crippen molar-refractivity contribution in [1.82, 2.24) is 0 Å². The molecule has 0 aromatic carbocycles. The molecule has 1 aliphatic carbocycles. The highest BCUT2D eigenvalue weighted by Gasteiger charge is 1.97. The van der Waals surface area contributed by atoms with E-state index in [4.69, 9.17) is 11.6 Å². The van der Waals surface area contributed by atoms with Gasteiger partial charge in [0.25, 0.3) is 0 Å². The second kappa shape index (κ2) is 2.66. The van der Waals surface area contributed by atoms with Crippen molar-refractivity contribution in [3.63, 3.8) is 0 Å². The summed E-state index contributed by atoms with van der Waals surface area (Å²) in [4.78, 5) is 0. The maximum absolute atomic E-state index is 5.51. The highest BCUT2D eigenvalue weighted by atomic mass is 35.5. The number of rotatable bonds is 1. The molecule has 0 amide bonds. The van der Waals surface area contributed by atoms with Gasteiger partial charge in [-0.3, -0.25) is 0 Å². The van der Waals surface area contributed by atoms with E-state index in [1.165, 1.54) is 0 Å². The second-order valence-corrected chi connectivity index (χ2v) is 1.81. The minimum absolute atomic E-state index is 0.592. The molecular formula is C7H6Cl+. The van der Waals surface area contributed by atoms with E-state index in [1.54, 1.807) is 0 Å². The molecule has 0 atom stereocenters. The van der Waals surface area contributed by atoms with Gasteiger partial charge in [0.2, 0.25) is 0 Å². The minimum atomic E-state index is 0.592. The molecule has 1 heteroatoms. The van der Waals surface area contributed by atoms with E-state index in [0.29, 0.717) is 5.88 Å². The minimum Gasteiger partial charge on any atom is -0.119 e. The lowest BCUT2D eigenvalue weighted by atomic mass is 10.2. The smallest absolute Gasteiger partial charge is 0.103 e. The fraction of sp³-hybridized carbons (Fsp3) is 0.143. The van der Waals surface area contributed by atoms with Gasteiger partial charge in [-0.2, -0.15) is 0 Å². The van der Waals surface area contributed by atoms with Crippen LogP contribution in [0.1, 0.15) is 0 Å². The average molecular weight is 126 g/mol. The Balaban J connectivity index is 2.68. The average Bonchev–Trinajstić information content (AvgIpc) is 1.90. The standard InChI is InChI=1S/C7H6Cl/c8-6-7-4-2-1-3-5-7/h2-5H,6H2/q+1. The summed E-state index contributed by atoms with van der Waals surface area (Å²) in [5, 5.41) is 0. The monoisotopic (exact) mass is 125 g/mol. The zero-order valence-corrected chi connectivity index (χ0v) is 5.15. The van der Waals surface area contributed by atoms with E-state index in [-0.39, 0.29) is 0 Å². The second-order valence-electron chi connectivity index (χ2n) is 1.54. The van der Waals surface area contributed by atoms with E-state index in [0.717, 1.165) is 5.57 Å². The Morgan fingerprint density at radius 3 is 2.88 bits per heavy atom. The molecule has 0 saturated heterocycles. The SMILES string of the molecule is ClCC1=CC=[C+]C=C1. The van der Waals surface area contributed by atoms with Gasteiger partial charge >= 0.3 is 0 Å². The number of alkyl halides is 1. The lowest BCUT2D eigenvalue weighted by Crippen LogP contribution is -1.79. The first-order valence-electron chi connectivity index (χ1n) is 2.44. The molecule has 0 aliphatic heterocycles. The van der Waals surface area contributed by atoms with Gasteiger partial charge in [0.05, 0.1) is 23.6 Å². The van der Waals surface area contributed by atoms with Crippen LogP contribution in [0.3, 0.4) is 0 Å². The molecule has 0 nitrogen and oxygen atoms in total. The topological polar surface area (TPSA) is 0 Å². The van der Waals surface area contributed by atoms with Crippen molar-refractivity contribution in [3.05, 3.63) is 36.0 Å². The van der Waals surface area contributed by atoms with Crippen molar-refractivity contribution in [3.8, 4) is 0 Å². The molecule has 0 bridgehead atoms. The van der Waals surface area contributed by atoms with Crippen LogP contribution >= 0.6 is 11.6 Å². The third-order valence-corrected chi connectivity index (χ3v) is 1.25. The van der Waals surface area contributed by atoms with Gasteiger partial charge in [-0.05, 0) is 0 Å². The van der Waals surface area contributed by atoms with Crippen LogP contribution in [0.5, 0.6) is 0 Å². The molecule has 0 aromatic rings. The Labute approximate surface area is 54.2 Å². The molecule has 0 spiro atoms. The molecule has 1 rings (SSSR count). The highest BCUT2D eigenvalue weighted by Crippen LogP contribution is 2.03. The van der Waals surface area contributed by atoms with Gasteiger partial charge in [0.15, 0.2) is 0 Å². The van der Waals surface area contributed by atoms with Crippen LogP contribution in [0, 0.1) is 6.08 Å². The van der Waals surface area contributed by atoms with Crippen molar-refractivity contribution in [2.75, 3.05) is 5.88 Å². The zero-order valence-electron chi connectivity index (χ0n) is 4.39. The van der Waals surface area contributed by atoms with Gasteiger partial charge in [-0.1, -0.05) is 0 Å². The maximum Gasteiger partial charge on any atom is 0.103 e. The summed E-state index contributed by atoms with van der Waals surface area (Å²) in [6, 6.07) is 0. The van der Waals surface area contributed by atoms with E-state index >= 15 is 0 Å². The van der Waals surface area contributed by atoms with Gasteiger partial charge in [0, 0.05) is 6.08 Å². The highest BCUT2D eigenvalue weighted by molar-refractivity contribution is 6.19. The summed E-state index contributed by atoms with van der Waals surface area (Å²) in [6.45, 7) is 0. The maximum atomic E-state index is 5.51. The zero-order chi connectivity index (χ0) is 5.82. The molecule has 40 valence electrons. The number of hydrogen-bond acceptors (Lipinski definition) is 0. The predicted molar refractivity (Wildman–Crippen MR) is 35.8 cm³/mol. The van der Waals surface area contributed by atoms with Gasteiger partial charge < -0.3 is 0 Å². The lowest BCUT2D eigenvalue weighted by Gasteiger charge is -1.84. The Morgan fingerprint density at radius 2 is 2.50 bits per heavy atom. The molecule has 0 radical (unpaired) electrons. The van der Waals surface area contributed by atoms with E-state index in [2.05, 4.69) is 6.08 Å². The van der Waals surface area contributed by atoms with Crippen LogP contribution in [0.15, 0.2) is 29.9 Å². The molecule has 8 heavy (non-hydrogen) atoms. The van der Waals surface area contributed by atoms with Crippen LogP contribution in [0.2, 0.25) is 0 Å². The molecule has 0 aromatic heterocycles. The lowest BCUT2D eigenvalue weighted by molar-refractivity contribution is 1.50. The summed E-state index contributed by atoms with van der Waals surface area (Å²) < 4.78 is 0. The van der Waals surface area contributed by atoms with Crippen molar-refractivity contribution < 1.29 is 0 Å². The molecule has 0 unspecified atom stereocenters. The largest absolute Gasteiger partial charge is 0.119 e. The first-order chi connectivity index (χ1) is 3.93. The van der Waals surface area contributed by atoms with Crippen LogP contribution < -0.4 is 0 Å². The van der Waals surface area contributed by atoms with Crippen LogP contribution in [-0.2, 0) is 0 Å². The third-order valence-electron chi connectivity index (χ3n) is 0.942. The fourth-order valence-corrected chi connectivity index (χ4v) is 0.689. The van der Waals surface area contributed by atoms with Crippen LogP contribution in [0.25, 0.3) is 0 Å². The van der Waals surface area contributed by atoms with Crippen LogP contribution in [-0.4, -0.2) is 5.88 Å². The summed E-state index contributed by atoms with van der Waals surface area (Å²) in [6.07, 6.45) is 10.5. The van der Waals surface area contributed by atoms with Crippen molar-refractivity contribution in [2.45, 2.75) is 0 Å². The fourth-order valence-electron chi connectivity index (χ4n) is 0.510. The van der Waals surface area contributed by atoms with Crippen molar-refractivity contribution in [2.24, 2.45) is 0 Å². The van der Waals surface area contributed by atoms with Gasteiger partial charge in [-0.25, -0.2) is 0 Å². The first kappa shape index (κ1) is 5.55. The quantitative estimate of drug-likeness (QED) is 0.372. The van der Waals surface area contributed by atoms with Gasteiger partial charge in [-0.15, -0.1) is 11.6 Å². The Morgan fingerprint density at radius 1 is 1.62 bits per heavy atom. The molecule has 0 N–H and O–H groups in total. The van der Waals surface area contributed by atoms with E-state index in [1.807, 2.05) is 24.3 Å². The summed E-state index contributed by atoms with van der Waals surface area (Å²) in [5.41, 5.74) is 1.14. The molecule has 0 fully saturated rings. The molecule has 1 aliphatic rings. The Bertz CT molecular complexity index is 152. The summed E-state index contributed by atoms with van der Waals surface area (Å²) in [5.74, 6) is 0.592. The predicted octanol–water partition coefficient (Wildman–Crippen LogP) is 2.08. The third kappa shape index (κ3) is 1.19. The van der Waals surface area contributed by atoms with Crippen LogP contribution in [0.4, 0.5) is 0 Å².